The Morgan fingerprint density at radius 1 is 1.08 bits per heavy atom. The number of nitrogens with one attached hydrogen (secondary N) is 2. The number of carbonyl (C=O) groups is 2. The number of nitrogens with zero attached hydrogens (tertiary/aromatic N) is 2. The molecule has 5 N–H and O–H groups in total. The summed E-state index contributed by atoms with van der Waals surface area (Å²) >= 11 is 1.29. The molecule has 13 heteroatoms. The highest BCUT2D eigenvalue weighted by molar-refractivity contribution is 7.98. The van der Waals surface area contributed by atoms with Crippen LogP contribution in [0.15, 0.2) is 66.0 Å². The Morgan fingerprint density at radius 3 is 2.54 bits per heavy atom. The van der Waals surface area contributed by atoms with Crippen molar-refractivity contribution in [3.05, 3.63) is 72.1 Å². The second-order valence-electron chi connectivity index (χ2n) is 7.75. The van der Waals surface area contributed by atoms with Gasteiger partial charge in [0.2, 0.25) is 5.91 Å². The van der Waals surface area contributed by atoms with Crippen molar-refractivity contribution in [1.29, 1.82) is 0 Å². The summed E-state index contributed by atoms with van der Waals surface area (Å²) in [6.45, 7) is -0.199. The summed E-state index contributed by atoms with van der Waals surface area (Å²) in [5.41, 5.74) is 7.00. The number of halogens is 3. The van der Waals surface area contributed by atoms with Crippen molar-refractivity contribution >= 4 is 35.1 Å². The molecule has 0 aliphatic heterocycles. The van der Waals surface area contributed by atoms with Gasteiger partial charge in [0.15, 0.2) is 0 Å². The van der Waals surface area contributed by atoms with Crippen LogP contribution in [0.3, 0.4) is 0 Å². The second kappa shape index (κ2) is 13.0. The van der Waals surface area contributed by atoms with Crippen LogP contribution in [-0.4, -0.2) is 45.9 Å². The number of carbonyl (C=O) groups excluding carboxylic acids is 2. The maximum Gasteiger partial charge on any atom is 0.573 e. The minimum atomic E-state index is -4.80. The number of benzene rings is 1. The van der Waals surface area contributed by atoms with Crippen LogP contribution in [0.4, 0.5) is 24.7 Å². The standard InChI is InChI=1S/C24H24F3N5O4S/c25-24(26,27)36-18-6-4-17(5-7-18)31-22(35)19-2-1-10-30-23(19)37-14-15-9-11-29-20(12-15)32-21(34)8-3-16(28)13-33/h1-2,4-7,9-12,16,33H,3,8,13-14,28H2,(H,31,35)(H,29,32,34)/t16-/m0/s1. The number of ether oxygens (including phenoxy) is 1. The minimum absolute atomic E-state index is 0.146. The zero-order chi connectivity index (χ0) is 26.8. The number of anilines is 2. The molecule has 3 rings (SSSR count). The molecule has 2 aromatic heterocycles. The van der Waals surface area contributed by atoms with Crippen LogP contribution in [-0.2, 0) is 10.5 Å². The summed E-state index contributed by atoms with van der Waals surface area (Å²) < 4.78 is 40.8. The molecule has 196 valence electrons. The Morgan fingerprint density at radius 2 is 1.84 bits per heavy atom. The predicted molar refractivity (Wildman–Crippen MR) is 132 cm³/mol. The number of hydrogen-bond acceptors (Lipinski definition) is 8. The van der Waals surface area contributed by atoms with E-state index in [0.717, 1.165) is 17.7 Å². The van der Waals surface area contributed by atoms with Crippen molar-refractivity contribution < 1.29 is 32.6 Å². The van der Waals surface area contributed by atoms with Gasteiger partial charge in [-0.25, -0.2) is 9.97 Å². The van der Waals surface area contributed by atoms with Crippen molar-refractivity contribution in [2.75, 3.05) is 17.2 Å². The summed E-state index contributed by atoms with van der Waals surface area (Å²) in [5, 5.41) is 14.7. The van der Waals surface area contributed by atoms with E-state index >= 15 is 0 Å². The highest BCUT2D eigenvalue weighted by atomic mass is 32.2. The first-order valence-electron chi connectivity index (χ1n) is 11.0. The van der Waals surface area contributed by atoms with Gasteiger partial charge >= 0.3 is 6.36 Å². The molecule has 3 aromatic rings. The highest BCUT2D eigenvalue weighted by Gasteiger charge is 2.31. The zero-order valence-electron chi connectivity index (χ0n) is 19.4. The Kier molecular flexibility index (Phi) is 9.83. The molecule has 37 heavy (non-hydrogen) atoms. The molecule has 0 aliphatic rings. The number of aliphatic hydroxyl groups is 1. The topological polar surface area (TPSA) is 139 Å². The SMILES string of the molecule is N[C@H](CO)CCC(=O)Nc1cc(CSc2ncccc2C(=O)Nc2ccc(OC(F)(F)F)cc2)ccn1. The van der Waals surface area contributed by atoms with Gasteiger partial charge in [0.1, 0.15) is 16.6 Å². The third-order valence-corrected chi connectivity index (χ3v) is 5.88. The summed E-state index contributed by atoms with van der Waals surface area (Å²) in [6.07, 6.45) is -1.23. The lowest BCUT2D eigenvalue weighted by atomic mass is 10.2. The Balaban J connectivity index is 1.60. The van der Waals surface area contributed by atoms with Gasteiger partial charge < -0.3 is 26.2 Å². The fourth-order valence-corrected chi connectivity index (χ4v) is 3.95. The number of rotatable bonds is 11. The molecule has 0 radical (unpaired) electrons. The first kappa shape index (κ1) is 27.9. The highest BCUT2D eigenvalue weighted by Crippen LogP contribution is 2.27. The summed E-state index contributed by atoms with van der Waals surface area (Å²) in [7, 11) is 0. The first-order chi connectivity index (χ1) is 17.6. The number of nitrogens with two attached hydrogens (primary N) is 1. The monoisotopic (exact) mass is 535 g/mol. The van der Waals surface area contributed by atoms with Crippen molar-refractivity contribution in [3.8, 4) is 5.75 Å². The van der Waals surface area contributed by atoms with E-state index in [-0.39, 0.29) is 30.2 Å². The van der Waals surface area contributed by atoms with E-state index in [4.69, 9.17) is 10.8 Å². The molecule has 0 spiro atoms. The van der Waals surface area contributed by atoms with E-state index < -0.39 is 24.1 Å². The normalized spacial score (nSPS) is 12.0. The summed E-state index contributed by atoms with van der Waals surface area (Å²) in [4.78, 5) is 33.3. The van der Waals surface area contributed by atoms with Crippen molar-refractivity contribution in [2.24, 2.45) is 5.73 Å². The van der Waals surface area contributed by atoms with Gasteiger partial charge in [0, 0.05) is 36.3 Å². The molecule has 2 amide bonds. The van der Waals surface area contributed by atoms with Crippen LogP contribution < -0.4 is 21.1 Å². The quantitative estimate of drug-likeness (QED) is 0.271. The summed E-state index contributed by atoms with van der Waals surface area (Å²) in [5.74, 6) is -0.379. The van der Waals surface area contributed by atoms with Crippen LogP contribution in [0.1, 0.15) is 28.8 Å². The molecule has 1 atom stereocenters. The van der Waals surface area contributed by atoms with E-state index in [0.29, 0.717) is 23.0 Å². The van der Waals surface area contributed by atoms with E-state index in [9.17, 15) is 22.8 Å². The molecular formula is C24H24F3N5O4S. The molecule has 2 heterocycles. The molecule has 0 saturated heterocycles. The van der Waals surface area contributed by atoms with Crippen molar-refractivity contribution in [1.82, 2.24) is 9.97 Å². The van der Waals surface area contributed by atoms with Crippen LogP contribution in [0, 0.1) is 0 Å². The molecular weight excluding hydrogens is 511 g/mol. The van der Waals surface area contributed by atoms with Crippen LogP contribution in [0.2, 0.25) is 0 Å². The van der Waals surface area contributed by atoms with Crippen LogP contribution in [0.25, 0.3) is 0 Å². The van der Waals surface area contributed by atoms with Crippen LogP contribution in [0.5, 0.6) is 5.75 Å². The maximum atomic E-state index is 12.8. The summed E-state index contributed by atoms with van der Waals surface area (Å²) in [6, 6.07) is 11.0. The smallest absolute Gasteiger partial charge is 0.406 e. The number of thioether (sulfide) groups is 1. The first-order valence-corrected chi connectivity index (χ1v) is 12.0. The van der Waals surface area contributed by atoms with Gasteiger partial charge in [-0.05, 0) is 60.5 Å². The molecule has 0 saturated carbocycles. The molecule has 1 aromatic carbocycles. The largest absolute Gasteiger partial charge is 0.573 e. The van der Waals surface area contributed by atoms with Gasteiger partial charge in [0.05, 0.1) is 12.2 Å². The average Bonchev–Trinajstić information content (AvgIpc) is 2.86. The van der Waals surface area contributed by atoms with Gasteiger partial charge in [-0.15, -0.1) is 24.9 Å². The van der Waals surface area contributed by atoms with Gasteiger partial charge in [-0.1, -0.05) is 0 Å². The van der Waals surface area contributed by atoms with Crippen LogP contribution >= 0.6 is 11.8 Å². The Hall–Kier alpha value is -3.68. The van der Waals surface area contributed by atoms with E-state index in [1.54, 1.807) is 30.5 Å². The van der Waals surface area contributed by atoms with E-state index in [1.807, 2.05) is 0 Å². The van der Waals surface area contributed by atoms with Gasteiger partial charge in [0.25, 0.3) is 5.91 Å². The predicted octanol–water partition coefficient (Wildman–Crippen LogP) is 3.96. The minimum Gasteiger partial charge on any atom is -0.406 e. The number of hydrogen-bond donors (Lipinski definition) is 4. The zero-order valence-corrected chi connectivity index (χ0v) is 20.2. The number of amides is 2. The molecule has 0 fully saturated rings. The number of pyridine rings is 2. The third kappa shape index (κ3) is 9.37. The lowest BCUT2D eigenvalue weighted by molar-refractivity contribution is -0.274. The number of aliphatic hydroxyl groups excluding tert-OH is 1. The second-order valence-corrected chi connectivity index (χ2v) is 8.71. The molecule has 9 nitrogen and oxygen atoms in total. The fourth-order valence-electron chi connectivity index (χ4n) is 3.01. The Bertz CT molecular complexity index is 1210. The molecule has 0 unspecified atom stereocenters. The molecule has 0 bridgehead atoms. The maximum absolute atomic E-state index is 12.8. The van der Waals surface area contributed by atoms with Crippen molar-refractivity contribution in [2.45, 2.75) is 36.0 Å². The van der Waals surface area contributed by atoms with E-state index in [1.165, 1.54) is 30.1 Å². The lowest BCUT2D eigenvalue weighted by Crippen LogP contribution is -2.26. The van der Waals surface area contributed by atoms with E-state index in [2.05, 4.69) is 25.3 Å². The number of alkyl halides is 3. The van der Waals surface area contributed by atoms with Gasteiger partial charge in [-0.2, -0.15) is 0 Å². The third-order valence-electron chi connectivity index (χ3n) is 4.81. The Labute approximate surface area is 214 Å². The van der Waals surface area contributed by atoms with Gasteiger partial charge in [-0.3, -0.25) is 9.59 Å². The average molecular weight is 536 g/mol. The lowest BCUT2D eigenvalue weighted by Gasteiger charge is -2.11. The fraction of sp³-hybridized carbons (Fsp3) is 0.250. The van der Waals surface area contributed by atoms with Crippen molar-refractivity contribution in [3.63, 3.8) is 0 Å². The molecule has 0 aliphatic carbocycles. The number of aromatic nitrogens is 2.